The van der Waals surface area contributed by atoms with Crippen molar-refractivity contribution in [3.05, 3.63) is 6.92 Å². The molecule has 0 heterocycles. The van der Waals surface area contributed by atoms with Gasteiger partial charge in [-0.2, -0.15) is 0 Å². The standard InChI is InChI=1S/C10H17O4/c1-4-5-6-14-8(3)9(7(2)11)10(12)13/h8-9H,3-6H2,1-2H3,(H,12,13). The Labute approximate surface area is 84.3 Å². The van der Waals surface area contributed by atoms with Crippen molar-refractivity contribution in [1.29, 1.82) is 0 Å². The van der Waals surface area contributed by atoms with Crippen molar-refractivity contribution >= 4 is 11.8 Å². The molecule has 1 radical (unpaired) electrons. The van der Waals surface area contributed by atoms with Crippen LogP contribution in [0.1, 0.15) is 26.7 Å². The SMILES string of the molecule is [CH2]C(OCCCC)C(C(C)=O)C(=O)O. The lowest BCUT2D eigenvalue weighted by atomic mass is 10.00. The van der Waals surface area contributed by atoms with Crippen LogP contribution in [-0.2, 0) is 14.3 Å². The second-order valence-corrected chi connectivity index (χ2v) is 3.19. The fourth-order valence-electron chi connectivity index (χ4n) is 1.07. The second kappa shape index (κ2) is 6.54. The Kier molecular flexibility index (Phi) is 6.12. The van der Waals surface area contributed by atoms with Crippen LogP contribution in [0.25, 0.3) is 0 Å². The molecule has 2 unspecified atom stereocenters. The molecule has 0 aliphatic carbocycles. The van der Waals surface area contributed by atoms with Crippen LogP contribution in [0.4, 0.5) is 0 Å². The lowest BCUT2D eigenvalue weighted by molar-refractivity contribution is -0.150. The van der Waals surface area contributed by atoms with E-state index in [2.05, 4.69) is 6.92 Å². The molecule has 0 spiro atoms. The van der Waals surface area contributed by atoms with E-state index in [-0.39, 0.29) is 0 Å². The Morgan fingerprint density at radius 3 is 2.43 bits per heavy atom. The van der Waals surface area contributed by atoms with Crippen LogP contribution < -0.4 is 0 Å². The molecule has 14 heavy (non-hydrogen) atoms. The highest BCUT2D eigenvalue weighted by molar-refractivity contribution is 5.97. The summed E-state index contributed by atoms with van der Waals surface area (Å²) < 4.78 is 5.15. The topological polar surface area (TPSA) is 63.6 Å². The molecular weight excluding hydrogens is 184 g/mol. The minimum Gasteiger partial charge on any atom is -0.481 e. The molecule has 1 N–H and O–H groups in total. The van der Waals surface area contributed by atoms with Gasteiger partial charge in [-0.15, -0.1) is 0 Å². The highest BCUT2D eigenvalue weighted by Crippen LogP contribution is 2.09. The quantitative estimate of drug-likeness (QED) is 0.498. The van der Waals surface area contributed by atoms with Crippen molar-refractivity contribution in [3.8, 4) is 0 Å². The van der Waals surface area contributed by atoms with Crippen molar-refractivity contribution in [1.82, 2.24) is 0 Å². The fourth-order valence-corrected chi connectivity index (χ4v) is 1.07. The molecule has 0 bridgehead atoms. The van der Waals surface area contributed by atoms with Gasteiger partial charge in [0, 0.05) is 6.61 Å². The monoisotopic (exact) mass is 201 g/mol. The Bertz CT molecular complexity index is 186. The third-order valence-corrected chi connectivity index (χ3v) is 1.91. The van der Waals surface area contributed by atoms with E-state index in [4.69, 9.17) is 9.84 Å². The van der Waals surface area contributed by atoms with Gasteiger partial charge >= 0.3 is 5.97 Å². The van der Waals surface area contributed by atoms with Gasteiger partial charge < -0.3 is 9.84 Å². The smallest absolute Gasteiger partial charge is 0.316 e. The van der Waals surface area contributed by atoms with E-state index in [1.54, 1.807) is 0 Å². The van der Waals surface area contributed by atoms with Gasteiger partial charge in [0.25, 0.3) is 0 Å². The van der Waals surface area contributed by atoms with Crippen LogP contribution in [0.3, 0.4) is 0 Å². The number of hydrogen-bond acceptors (Lipinski definition) is 3. The summed E-state index contributed by atoms with van der Waals surface area (Å²) in [5.74, 6) is -2.74. The molecule has 0 aliphatic heterocycles. The maximum Gasteiger partial charge on any atom is 0.316 e. The zero-order chi connectivity index (χ0) is 11.1. The first kappa shape index (κ1) is 13.1. The van der Waals surface area contributed by atoms with Crippen molar-refractivity contribution in [2.24, 2.45) is 5.92 Å². The maximum absolute atomic E-state index is 11.0. The number of carboxylic acids is 1. The zero-order valence-corrected chi connectivity index (χ0v) is 8.66. The molecule has 0 saturated carbocycles. The van der Waals surface area contributed by atoms with Crippen molar-refractivity contribution in [2.75, 3.05) is 6.61 Å². The predicted molar refractivity (Wildman–Crippen MR) is 51.8 cm³/mol. The first-order chi connectivity index (χ1) is 6.50. The van der Waals surface area contributed by atoms with E-state index < -0.39 is 23.8 Å². The molecule has 0 aromatic heterocycles. The van der Waals surface area contributed by atoms with Crippen molar-refractivity contribution < 1.29 is 19.4 Å². The van der Waals surface area contributed by atoms with E-state index in [9.17, 15) is 9.59 Å². The fraction of sp³-hybridized carbons (Fsp3) is 0.700. The highest BCUT2D eigenvalue weighted by Gasteiger charge is 2.29. The Morgan fingerprint density at radius 1 is 1.50 bits per heavy atom. The molecule has 0 aliphatic rings. The molecule has 4 heteroatoms. The first-order valence-electron chi connectivity index (χ1n) is 4.68. The molecule has 4 nitrogen and oxygen atoms in total. The highest BCUT2D eigenvalue weighted by atomic mass is 16.5. The lowest BCUT2D eigenvalue weighted by Crippen LogP contribution is -2.34. The summed E-state index contributed by atoms with van der Waals surface area (Å²) in [6.45, 7) is 7.21. The maximum atomic E-state index is 11.0. The molecule has 0 aromatic rings. The van der Waals surface area contributed by atoms with Crippen molar-refractivity contribution in [2.45, 2.75) is 32.8 Å². The summed E-state index contributed by atoms with van der Waals surface area (Å²) in [7, 11) is 0. The van der Waals surface area contributed by atoms with Crippen LogP contribution >= 0.6 is 0 Å². The largest absolute Gasteiger partial charge is 0.481 e. The van der Waals surface area contributed by atoms with Crippen LogP contribution in [0.15, 0.2) is 0 Å². The van der Waals surface area contributed by atoms with E-state index in [0.29, 0.717) is 6.61 Å². The Morgan fingerprint density at radius 2 is 2.07 bits per heavy atom. The van der Waals surface area contributed by atoms with Crippen LogP contribution in [-0.4, -0.2) is 29.6 Å². The molecule has 81 valence electrons. The predicted octanol–water partition coefficient (Wildman–Crippen LogP) is 1.30. The number of ketones is 1. The van der Waals surface area contributed by atoms with Gasteiger partial charge in [-0.1, -0.05) is 13.3 Å². The summed E-state index contributed by atoms with van der Waals surface area (Å²) in [6.07, 6.45) is 1.01. The van der Waals surface area contributed by atoms with Gasteiger partial charge in [0.05, 0.1) is 6.10 Å². The number of Topliss-reactive ketones (excluding diaryl/α,β-unsaturated/α-hetero) is 1. The van der Waals surface area contributed by atoms with E-state index in [0.717, 1.165) is 12.8 Å². The number of carboxylic acid groups (broad SMARTS) is 1. The van der Waals surface area contributed by atoms with E-state index in [1.807, 2.05) is 6.92 Å². The summed E-state index contributed by atoms with van der Waals surface area (Å²) in [4.78, 5) is 21.6. The molecule has 2 atom stereocenters. The average molecular weight is 201 g/mol. The molecular formula is C10H17O4. The van der Waals surface area contributed by atoms with Crippen LogP contribution in [0.2, 0.25) is 0 Å². The minimum atomic E-state index is -1.17. The minimum absolute atomic E-state index is 0.422. The summed E-state index contributed by atoms with van der Waals surface area (Å²) in [6, 6.07) is 0. The van der Waals surface area contributed by atoms with Gasteiger partial charge in [-0.3, -0.25) is 9.59 Å². The number of hydrogen-bond donors (Lipinski definition) is 1. The van der Waals surface area contributed by atoms with Crippen LogP contribution in [0.5, 0.6) is 0 Å². The number of aliphatic carboxylic acids is 1. The number of carbonyl (C=O) groups excluding carboxylic acids is 1. The van der Waals surface area contributed by atoms with Gasteiger partial charge in [0.2, 0.25) is 0 Å². The van der Waals surface area contributed by atoms with Gasteiger partial charge in [0.15, 0.2) is 0 Å². The molecule has 0 fully saturated rings. The molecule has 0 amide bonds. The number of carbonyl (C=O) groups is 2. The van der Waals surface area contributed by atoms with Crippen molar-refractivity contribution in [3.63, 3.8) is 0 Å². The number of unbranched alkanes of at least 4 members (excludes halogenated alkanes) is 1. The first-order valence-corrected chi connectivity index (χ1v) is 4.68. The molecule has 0 rings (SSSR count). The molecule has 0 aromatic carbocycles. The summed E-state index contributed by atoms with van der Waals surface area (Å²) in [5.41, 5.74) is 0. The van der Waals surface area contributed by atoms with Crippen LogP contribution in [0, 0.1) is 12.8 Å². The molecule has 0 saturated heterocycles. The zero-order valence-electron chi connectivity index (χ0n) is 8.66. The average Bonchev–Trinajstić information content (AvgIpc) is 2.03. The van der Waals surface area contributed by atoms with Gasteiger partial charge in [-0.05, 0) is 20.3 Å². The van der Waals surface area contributed by atoms with Gasteiger partial charge in [-0.25, -0.2) is 0 Å². The lowest BCUT2D eigenvalue weighted by Gasteiger charge is -2.17. The number of ether oxygens (including phenoxy) is 1. The summed E-state index contributed by atoms with van der Waals surface area (Å²) in [5, 5.41) is 8.73. The normalized spacial score (nSPS) is 14.8. The van der Waals surface area contributed by atoms with E-state index >= 15 is 0 Å². The van der Waals surface area contributed by atoms with E-state index in [1.165, 1.54) is 6.92 Å². The third-order valence-electron chi connectivity index (χ3n) is 1.91. The second-order valence-electron chi connectivity index (χ2n) is 3.19. The third kappa shape index (κ3) is 4.37. The van der Waals surface area contributed by atoms with Gasteiger partial charge in [0.1, 0.15) is 11.7 Å². The number of rotatable bonds is 7. The Balaban J connectivity index is 4.09. The summed E-state index contributed by atoms with van der Waals surface area (Å²) >= 11 is 0. The Hall–Kier alpha value is -0.900.